The summed E-state index contributed by atoms with van der Waals surface area (Å²) in [6.45, 7) is 14.3. The van der Waals surface area contributed by atoms with Gasteiger partial charge in [0.1, 0.15) is 0 Å². The Hall–Kier alpha value is -1.35. The first-order valence-corrected chi connectivity index (χ1v) is 13.3. The number of rotatable bonds is 4. The fourth-order valence-corrected chi connectivity index (χ4v) is 9.35. The van der Waals surface area contributed by atoms with Crippen LogP contribution < -0.4 is 9.34 Å². The minimum absolute atomic E-state index is 0.191. The molecule has 1 aliphatic rings. The van der Waals surface area contributed by atoms with Gasteiger partial charge in [0, 0.05) is 0 Å². The van der Waals surface area contributed by atoms with Gasteiger partial charge in [0.15, 0.2) is 0 Å². The van der Waals surface area contributed by atoms with Gasteiger partial charge in [-0.25, -0.2) is 0 Å². The van der Waals surface area contributed by atoms with Gasteiger partial charge in [0.25, 0.3) is 6.57 Å². The van der Waals surface area contributed by atoms with Crippen molar-refractivity contribution in [2.24, 2.45) is 0 Å². The number of aryl methyl sites for hydroxylation is 6. The molecule has 5 heteroatoms. The number of anilines is 2. The monoisotopic (exact) mass is 430 g/mol. The van der Waals surface area contributed by atoms with E-state index in [9.17, 15) is 4.89 Å². The van der Waals surface area contributed by atoms with Crippen LogP contribution in [0.5, 0.6) is 0 Å². The van der Waals surface area contributed by atoms with Crippen LogP contribution in [0.15, 0.2) is 24.3 Å². The van der Waals surface area contributed by atoms with E-state index in [1.54, 1.807) is 0 Å². The van der Waals surface area contributed by atoms with Crippen LogP contribution in [0.1, 0.15) is 60.1 Å². The Morgan fingerprint density at radius 2 is 1.00 bits per heavy atom. The minimum Gasteiger partial charge on any atom is -0.334 e. The molecule has 29 heavy (non-hydrogen) atoms. The van der Waals surface area contributed by atoms with Crippen molar-refractivity contribution in [2.45, 2.75) is 80.3 Å². The number of hydrogen-bond acceptors (Lipinski definition) is 1. The Morgan fingerprint density at radius 1 is 0.724 bits per heavy atom. The van der Waals surface area contributed by atoms with Crippen molar-refractivity contribution in [1.82, 2.24) is 0 Å². The maximum absolute atomic E-state index is 12.0. The molecule has 3 rings (SSSR count). The lowest BCUT2D eigenvalue weighted by atomic mass is 9.97. The van der Waals surface area contributed by atoms with Crippen molar-refractivity contribution < 1.29 is 4.89 Å². The molecule has 2 aromatic rings. The largest absolute Gasteiger partial charge is 0.334 e. The molecule has 0 spiro atoms. The van der Waals surface area contributed by atoms with Gasteiger partial charge in [-0.3, -0.25) is 0 Å². The van der Waals surface area contributed by atoms with Gasteiger partial charge in [-0.2, -0.15) is 0 Å². The van der Waals surface area contributed by atoms with Gasteiger partial charge < -0.3 is 14.2 Å². The zero-order valence-corrected chi connectivity index (χ0v) is 20.8. The summed E-state index contributed by atoms with van der Waals surface area (Å²) < 4.78 is 4.44. The highest BCUT2D eigenvalue weighted by atomic mass is 32.5. The number of benzene rings is 2. The Balaban J connectivity index is 2.28. The summed E-state index contributed by atoms with van der Waals surface area (Å²) in [6.07, 6.45) is 1.90. The van der Waals surface area contributed by atoms with Crippen molar-refractivity contribution in [1.29, 1.82) is 0 Å². The maximum atomic E-state index is 12.0. The fraction of sp³-hybridized carbons (Fsp3) is 0.500. The molecule has 2 aromatic carbocycles. The summed E-state index contributed by atoms with van der Waals surface area (Å²) in [5.74, 6) is 0. The van der Waals surface area contributed by atoms with E-state index in [0.29, 0.717) is 0 Å². The van der Waals surface area contributed by atoms with Crippen molar-refractivity contribution >= 4 is 29.7 Å². The van der Waals surface area contributed by atoms with Crippen molar-refractivity contribution in [3.05, 3.63) is 57.6 Å². The average molecular weight is 431 g/mol. The highest BCUT2D eigenvalue weighted by Crippen LogP contribution is 2.64. The topological polar surface area (TPSA) is 26.7 Å². The van der Waals surface area contributed by atoms with Gasteiger partial charge >= 0.3 is 0 Å². The standard InChI is InChI=1S/C24H35N2OPS/c1-9-21-22(10-2)26(24-19(7)13-16(4)14-20(24)8)28(27,29)25(21)23-17(5)11-15(3)12-18(23)6/h11-14,21-22H,9-10H2,1-8H3,(H,27,29). The van der Waals surface area contributed by atoms with E-state index in [2.05, 4.69) is 89.0 Å². The van der Waals surface area contributed by atoms with Crippen LogP contribution in [0.25, 0.3) is 0 Å². The van der Waals surface area contributed by atoms with Gasteiger partial charge in [-0.1, -0.05) is 49.2 Å². The summed E-state index contributed by atoms with van der Waals surface area (Å²) in [5.41, 5.74) is 9.51. The molecule has 0 saturated carbocycles. The first-order chi connectivity index (χ1) is 13.5. The molecule has 0 radical (unpaired) electrons. The van der Waals surface area contributed by atoms with Crippen molar-refractivity contribution in [2.75, 3.05) is 9.34 Å². The highest BCUT2D eigenvalue weighted by molar-refractivity contribution is 8.13. The molecule has 1 fully saturated rings. The molecular weight excluding hydrogens is 395 g/mol. The minimum atomic E-state index is -2.99. The summed E-state index contributed by atoms with van der Waals surface area (Å²) in [4.78, 5) is 12.0. The lowest BCUT2D eigenvalue weighted by Crippen LogP contribution is -2.37. The summed E-state index contributed by atoms with van der Waals surface area (Å²) in [7, 11) is 0. The molecule has 0 aromatic heterocycles. The van der Waals surface area contributed by atoms with E-state index in [-0.39, 0.29) is 12.1 Å². The van der Waals surface area contributed by atoms with Crippen LogP contribution in [0.2, 0.25) is 0 Å². The van der Waals surface area contributed by atoms with Crippen molar-refractivity contribution in [3.8, 4) is 0 Å². The lowest BCUT2D eigenvalue weighted by Gasteiger charge is -2.36. The van der Waals surface area contributed by atoms with E-state index in [1.807, 2.05) is 0 Å². The van der Waals surface area contributed by atoms with E-state index >= 15 is 0 Å². The van der Waals surface area contributed by atoms with Crippen molar-refractivity contribution in [3.63, 3.8) is 0 Å². The number of hydrogen-bond donors (Lipinski definition) is 1. The van der Waals surface area contributed by atoms with E-state index < -0.39 is 6.57 Å². The third kappa shape index (κ3) is 3.65. The summed E-state index contributed by atoms with van der Waals surface area (Å²) >= 11 is 6.12. The molecule has 1 aliphatic heterocycles. The first kappa shape index (κ1) is 22.3. The van der Waals surface area contributed by atoms with E-state index in [4.69, 9.17) is 11.8 Å². The molecule has 0 bridgehead atoms. The second-order valence-electron chi connectivity index (χ2n) is 8.65. The molecule has 0 amide bonds. The zero-order valence-electron chi connectivity index (χ0n) is 19.1. The Labute approximate surface area is 181 Å². The average Bonchev–Trinajstić information content (AvgIpc) is 2.81. The molecule has 1 heterocycles. The molecule has 2 atom stereocenters. The van der Waals surface area contributed by atoms with E-state index in [1.165, 1.54) is 33.4 Å². The Morgan fingerprint density at radius 3 is 1.24 bits per heavy atom. The smallest absolute Gasteiger partial charge is 0.252 e. The second-order valence-corrected chi connectivity index (χ2v) is 12.0. The Kier molecular flexibility index (Phi) is 6.21. The second kappa shape index (κ2) is 8.06. The van der Waals surface area contributed by atoms with Crippen LogP contribution >= 0.6 is 6.57 Å². The predicted octanol–water partition coefficient (Wildman–Crippen LogP) is 6.64. The SMILES string of the molecule is CCC1C(CC)N(c2c(C)cc(C)cc2C)P(O)(=S)N1c1c(C)cc(C)cc1C. The molecule has 1 saturated heterocycles. The van der Waals surface area contributed by atoms with Gasteiger partial charge in [-0.15, -0.1) is 0 Å². The zero-order chi connectivity index (χ0) is 21.7. The van der Waals surface area contributed by atoms with Crippen LogP contribution in [0.3, 0.4) is 0 Å². The van der Waals surface area contributed by atoms with Gasteiger partial charge in [0.05, 0.1) is 23.5 Å². The first-order valence-electron chi connectivity index (χ1n) is 10.6. The van der Waals surface area contributed by atoms with Crippen LogP contribution in [0.4, 0.5) is 11.4 Å². The third-order valence-electron chi connectivity index (χ3n) is 6.20. The molecule has 1 N–H and O–H groups in total. The van der Waals surface area contributed by atoms with Crippen LogP contribution in [0, 0.1) is 41.5 Å². The summed E-state index contributed by atoms with van der Waals surface area (Å²) in [6, 6.07) is 9.20. The molecule has 2 unspecified atom stereocenters. The number of nitrogens with zero attached hydrogens (tertiary/aromatic N) is 2. The fourth-order valence-electron chi connectivity index (χ4n) is 5.37. The third-order valence-corrected chi connectivity index (χ3v) is 9.37. The van der Waals surface area contributed by atoms with Crippen LogP contribution in [-0.2, 0) is 11.8 Å². The quantitative estimate of drug-likeness (QED) is 0.550. The molecule has 0 aliphatic carbocycles. The van der Waals surface area contributed by atoms with E-state index in [0.717, 1.165) is 24.2 Å². The highest BCUT2D eigenvalue weighted by Gasteiger charge is 2.51. The van der Waals surface area contributed by atoms with Gasteiger partial charge in [0.2, 0.25) is 0 Å². The molecule has 3 nitrogen and oxygen atoms in total. The maximum Gasteiger partial charge on any atom is 0.252 e. The summed E-state index contributed by atoms with van der Waals surface area (Å²) in [5, 5.41) is 0. The predicted molar refractivity (Wildman–Crippen MR) is 131 cm³/mol. The van der Waals surface area contributed by atoms with Gasteiger partial charge in [-0.05, 0) is 88.4 Å². The molecular formula is C24H35N2OPS. The van der Waals surface area contributed by atoms with Crippen LogP contribution in [-0.4, -0.2) is 17.0 Å². The lowest BCUT2D eigenvalue weighted by molar-refractivity contribution is 0.534. The molecule has 158 valence electrons. The Bertz CT molecular complexity index is 865. The normalized spacial score (nSPS) is 24.4.